The molecule has 1 unspecified atom stereocenters. The third-order valence-electron chi connectivity index (χ3n) is 5.59. The molecule has 1 aromatic rings. The minimum absolute atomic E-state index is 0.0898. The maximum absolute atomic E-state index is 12.7. The highest BCUT2D eigenvalue weighted by molar-refractivity contribution is 7.89. The number of likely N-dealkylation sites (tertiary alicyclic amines) is 1. The number of carbonyl (C=O) groups is 1. The van der Waals surface area contributed by atoms with E-state index < -0.39 is 10.0 Å². The Labute approximate surface area is 160 Å². The summed E-state index contributed by atoms with van der Waals surface area (Å²) in [5, 5.41) is 3.33. The molecule has 1 aromatic carbocycles. The van der Waals surface area contributed by atoms with Gasteiger partial charge >= 0.3 is 0 Å². The Balaban J connectivity index is 1.42. The number of fused-ring (bicyclic) bond motifs is 1. The normalized spacial score (nSPS) is 23.4. The van der Waals surface area contributed by atoms with Crippen LogP contribution in [-0.4, -0.2) is 62.4 Å². The Hall–Kier alpha value is -1.80. The van der Waals surface area contributed by atoms with Gasteiger partial charge in [0.25, 0.3) is 0 Å². The van der Waals surface area contributed by atoms with Gasteiger partial charge in [-0.05, 0) is 44.2 Å². The number of carbonyl (C=O) groups excluding carboxylic acids is 1. The Kier molecular flexibility index (Phi) is 5.27. The molecule has 7 nitrogen and oxygen atoms in total. The summed E-state index contributed by atoms with van der Waals surface area (Å²) >= 11 is 0. The van der Waals surface area contributed by atoms with Crippen molar-refractivity contribution in [2.75, 3.05) is 38.1 Å². The molecule has 3 heterocycles. The zero-order valence-electron chi connectivity index (χ0n) is 15.5. The van der Waals surface area contributed by atoms with Gasteiger partial charge in [-0.15, -0.1) is 0 Å². The fraction of sp³-hybridized carbons (Fsp3) is 0.632. The van der Waals surface area contributed by atoms with E-state index in [1.807, 2.05) is 4.90 Å². The lowest BCUT2D eigenvalue weighted by molar-refractivity contribution is -0.132. The molecule has 1 atom stereocenters. The van der Waals surface area contributed by atoms with E-state index in [0.717, 1.165) is 44.5 Å². The van der Waals surface area contributed by atoms with E-state index in [9.17, 15) is 13.2 Å². The van der Waals surface area contributed by atoms with Gasteiger partial charge in [-0.1, -0.05) is 0 Å². The third-order valence-corrected chi connectivity index (χ3v) is 7.48. The van der Waals surface area contributed by atoms with Gasteiger partial charge < -0.3 is 15.0 Å². The van der Waals surface area contributed by atoms with E-state index in [4.69, 9.17) is 4.74 Å². The topological polar surface area (TPSA) is 79.0 Å². The molecule has 27 heavy (non-hydrogen) atoms. The highest BCUT2D eigenvalue weighted by Crippen LogP contribution is 2.33. The van der Waals surface area contributed by atoms with Gasteiger partial charge in [0, 0.05) is 32.2 Å². The first-order valence-electron chi connectivity index (χ1n) is 9.85. The van der Waals surface area contributed by atoms with Crippen LogP contribution in [0.5, 0.6) is 5.75 Å². The second-order valence-corrected chi connectivity index (χ2v) is 9.50. The van der Waals surface area contributed by atoms with E-state index in [-0.39, 0.29) is 16.8 Å². The third kappa shape index (κ3) is 3.91. The quantitative estimate of drug-likeness (QED) is 0.847. The Bertz CT molecular complexity index is 799. The minimum Gasteiger partial charge on any atom is -0.489 e. The van der Waals surface area contributed by atoms with Gasteiger partial charge in [-0.2, -0.15) is 4.31 Å². The monoisotopic (exact) mass is 393 g/mol. The predicted molar refractivity (Wildman–Crippen MR) is 102 cm³/mol. The Morgan fingerprint density at radius 2 is 1.78 bits per heavy atom. The van der Waals surface area contributed by atoms with Crippen LogP contribution in [-0.2, 0) is 14.8 Å². The van der Waals surface area contributed by atoms with Gasteiger partial charge in [0.2, 0.25) is 15.9 Å². The van der Waals surface area contributed by atoms with Crippen molar-refractivity contribution in [3.8, 4) is 5.75 Å². The number of hydrogen-bond donors (Lipinski definition) is 1. The van der Waals surface area contributed by atoms with Gasteiger partial charge in [0.15, 0.2) is 0 Å². The molecule has 1 amide bonds. The van der Waals surface area contributed by atoms with Gasteiger partial charge in [-0.3, -0.25) is 4.79 Å². The second-order valence-electron chi connectivity index (χ2n) is 7.57. The summed E-state index contributed by atoms with van der Waals surface area (Å²) in [7, 11) is -3.45. The first kappa shape index (κ1) is 18.6. The molecule has 148 valence electrons. The molecule has 3 aliphatic heterocycles. The summed E-state index contributed by atoms with van der Waals surface area (Å²) in [4.78, 5) is 14.7. The Morgan fingerprint density at radius 3 is 2.52 bits per heavy atom. The zero-order valence-corrected chi connectivity index (χ0v) is 16.3. The summed E-state index contributed by atoms with van der Waals surface area (Å²) in [5.74, 6) is 0.699. The van der Waals surface area contributed by atoms with Crippen LogP contribution in [0.2, 0.25) is 0 Å². The van der Waals surface area contributed by atoms with Crippen molar-refractivity contribution in [1.82, 2.24) is 9.21 Å². The molecule has 0 aliphatic carbocycles. The summed E-state index contributed by atoms with van der Waals surface area (Å²) in [6.07, 6.45) is 5.58. The van der Waals surface area contributed by atoms with Crippen molar-refractivity contribution in [1.29, 1.82) is 0 Å². The lowest BCUT2D eigenvalue weighted by Crippen LogP contribution is -2.41. The molecule has 1 N–H and O–H groups in total. The van der Waals surface area contributed by atoms with E-state index in [1.165, 1.54) is 10.7 Å². The number of sulfonamides is 1. The predicted octanol–water partition coefficient (Wildman–Crippen LogP) is 2.05. The number of rotatable bonds is 4. The number of benzene rings is 1. The molecule has 2 fully saturated rings. The molecule has 0 radical (unpaired) electrons. The maximum atomic E-state index is 12.7. The largest absolute Gasteiger partial charge is 0.489 e. The summed E-state index contributed by atoms with van der Waals surface area (Å²) in [6.45, 7) is 3.22. The summed E-state index contributed by atoms with van der Waals surface area (Å²) in [5.41, 5.74) is 0.748. The van der Waals surface area contributed by atoms with Crippen molar-refractivity contribution in [2.24, 2.45) is 0 Å². The average Bonchev–Trinajstić information content (AvgIpc) is 3.24. The first-order valence-corrected chi connectivity index (χ1v) is 11.3. The van der Waals surface area contributed by atoms with E-state index in [0.29, 0.717) is 31.9 Å². The molecule has 3 aliphatic rings. The molecule has 0 saturated carbocycles. The molecule has 0 spiro atoms. The van der Waals surface area contributed by atoms with Crippen LogP contribution in [0.15, 0.2) is 23.1 Å². The highest BCUT2D eigenvalue weighted by atomic mass is 32.2. The van der Waals surface area contributed by atoms with Crippen molar-refractivity contribution >= 4 is 21.6 Å². The van der Waals surface area contributed by atoms with E-state index in [1.54, 1.807) is 18.2 Å². The number of amides is 1. The standard InChI is InChI=1S/C19H27N3O4S/c23-19(21-8-2-1-3-9-21)12-15-14-26-18-13-16(6-7-17(18)20-15)27(24,25)22-10-4-5-11-22/h6-7,13,15,20H,1-5,8-12,14H2. The van der Waals surface area contributed by atoms with Crippen molar-refractivity contribution < 1.29 is 17.9 Å². The summed E-state index contributed by atoms with van der Waals surface area (Å²) in [6, 6.07) is 4.87. The fourth-order valence-corrected chi connectivity index (χ4v) is 5.56. The van der Waals surface area contributed by atoms with Crippen molar-refractivity contribution in [3.63, 3.8) is 0 Å². The molecule has 2 saturated heterocycles. The number of hydrogen-bond acceptors (Lipinski definition) is 5. The molecular weight excluding hydrogens is 366 g/mol. The van der Waals surface area contributed by atoms with Crippen LogP contribution in [0.3, 0.4) is 0 Å². The molecular formula is C19H27N3O4S. The van der Waals surface area contributed by atoms with Gasteiger partial charge in [0.1, 0.15) is 12.4 Å². The summed E-state index contributed by atoms with van der Waals surface area (Å²) < 4.78 is 32.7. The molecule has 4 rings (SSSR count). The molecule has 8 heteroatoms. The van der Waals surface area contributed by atoms with Crippen LogP contribution in [0.4, 0.5) is 5.69 Å². The van der Waals surface area contributed by atoms with Gasteiger partial charge in [-0.25, -0.2) is 8.42 Å². The van der Waals surface area contributed by atoms with Crippen LogP contribution >= 0.6 is 0 Å². The number of nitrogens with zero attached hydrogens (tertiary/aromatic N) is 2. The number of nitrogens with one attached hydrogen (secondary N) is 1. The lowest BCUT2D eigenvalue weighted by Gasteiger charge is -2.31. The SMILES string of the molecule is O=C(CC1COc2cc(S(=O)(=O)N3CCCC3)ccc2N1)N1CCCCC1. The van der Waals surface area contributed by atoms with Crippen molar-refractivity contribution in [2.45, 2.75) is 49.5 Å². The zero-order chi connectivity index (χ0) is 18.9. The smallest absolute Gasteiger partial charge is 0.243 e. The maximum Gasteiger partial charge on any atom is 0.243 e. The fourth-order valence-electron chi connectivity index (χ4n) is 4.02. The first-order chi connectivity index (χ1) is 13.0. The number of piperidine rings is 1. The Morgan fingerprint density at radius 1 is 1.07 bits per heavy atom. The van der Waals surface area contributed by atoms with Crippen molar-refractivity contribution in [3.05, 3.63) is 18.2 Å². The number of anilines is 1. The van der Waals surface area contributed by atoms with Crippen LogP contribution in [0, 0.1) is 0 Å². The molecule has 0 aromatic heterocycles. The lowest BCUT2D eigenvalue weighted by atomic mass is 10.1. The number of ether oxygens (including phenoxy) is 1. The molecule has 0 bridgehead atoms. The second kappa shape index (κ2) is 7.67. The van der Waals surface area contributed by atoms with E-state index >= 15 is 0 Å². The van der Waals surface area contributed by atoms with Gasteiger partial charge in [0.05, 0.1) is 23.0 Å². The van der Waals surface area contributed by atoms with Crippen LogP contribution in [0.1, 0.15) is 38.5 Å². The van der Waals surface area contributed by atoms with Crippen LogP contribution in [0.25, 0.3) is 0 Å². The highest BCUT2D eigenvalue weighted by Gasteiger charge is 2.30. The van der Waals surface area contributed by atoms with Crippen LogP contribution < -0.4 is 10.1 Å². The van der Waals surface area contributed by atoms with E-state index in [2.05, 4.69) is 5.32 Å². The average molecular weight is 394 g/mol. The minimum atomic E-state index is -3.45.